The van der Waals surface area contributed by atoms with Gasteiger partial charge in [0.25, 0.3) is 5.91 Å². The highest BCUT2D eigenvalue weighted by Gasteiger charge is 2.52. The second kappa shape index (κ2) is 6.89. The minimum absolute atomic E-state index is 0.0140. The number of nitrogens with zero attached hydrogens (tertiary/aromatic N) is 2. The van der Waals surface area contributed by atoms with Crippen LogP contribution in [0.5, 0.6) is 0 Å². The van der Waals surface area contributed by atoms with Crippen molar-refractivity contribution in [3.05, 3.63) is 24.2 Å². The molecule has 4 fully saturated rings. The fourth-order valence-corrected chi connectivity index (χ4v) is 4.89. The predicted octanol–water partition coefficient (Wildman–Crippen LogP) is -0.122. The van der Waals surface area contributed by atoms with Crippen LogP contribution in [0.2, 0.25) is 0 Å². The van der Waals surface area contributed by atoms with Crippen molar-refractivity contribution in [2.45, 2.75) is 56.3 Å². The average Bonchev–Trinajstić information content (AvgIpc) is 3.37. The van der Waals surface area contributed by atoms with E-state index in [-0.39, 0.29) is 41.3 Å². The number of nitrogens with one attached hydrogen (secondary N) is 2. The number of fused-ring (bicyclic) bond motifs is 2. The van der Waals surface area contributed by atoms with Crippen LogP contribution in [-0.4, -0.2) is 70.7 Å². The summed E-state index contributed by atoms with van der Waals surface area (Å²) in [7, 11) is 0. The van der Waals surface area contributed by atoms with Gasteiger partial charge in [-0.1, -0.05) is 6.42 Å². The lowest BCUT2D eigenvalue weighted by atomic mass is 9.84. The minimum Gasteiger partial charge on any atom is -0.459 e. The fraction of sp³-hybridized carbons (Fsp3) is 0.600. The first kappa shape index (κ1) is 18.2. The van der Waals surface area contributed by atoms with Crippen molar-refractivity contribution in [2.75, 3.05) is 13.1 Å². The molecular weight excluding hydrogens is 376 g/mol. The third kappa shape index (κ3) is 2.99. The van der Waals surface area contributed by atoms with Crippen LogP contribution >= 0.6 is 0 Å². The molecule has 1 aromatic rings. The summed E-state index contributed by atoms with van der Waals surface area (Å²) >= 11 is 0. The summed E-state index contributed by atoms with van der Waals surface area (Å²) in [6, 6.07) is 1.20. The van der Waals surface area contributed by atoms with E-state index in [0.717, 1.165) is 19.3 Å². The van der Waals surface area contributed by atoms with Gasteiger partial charge in [0.05, 0.1) is 12.3 Å². The van der Waals surface area contributed by atoms with Crippen LogP contribution < -0.4 is 10.6 Å². The van der Waals surface area contributed by atoms with Gasteiger partial charge in [0.2, 0.25) is 17.7 Å². The van der Waals surface area contributed by atoms with Crippen LogP contribution in [0.1, 0.15) is 42.7 Å². The molecule has 0 radical (unpaired) electrons. The number of likely N-dealkylation sites (tertiary alicyclic amines) is 1. The fourth-order valence-electron chi connectivity index (χ4n) is 4.89. The van der Waals surface area contributed by atoms with E-state index in [9.17, 15) is 19.2 Å². The number of furan rings is 1. The number of rotatable bonds is 3. The van der Waals surface area contributed by atoms with Crippen molar-refractivity contribution in [3.63, 3.8) is 0 Å². The van der Waals surface area contributed by atoms with Crippen LogP contribution in [0.4, 0.5) is 0 Å². The van der Waals surface area contributed by atoms with Gasteiger partial charge in [-0.3, -0.25) is 19.2 Å². The maximum atomic E-state index is 13.4. The van der Waals surface area contributed by atoms with Crippen LogP contribution in [0.3, 0.4) is 0 Å². The smallest absolute Gasteiger partial charge is 0.290 e. The topological polar surface area (TPSA) is 112 Å². The van der Waals surface area contributed by atoms with Gasteiger partial charge >= 0.3 is 0 Å². The van der Waals surface area contributed by atoms with E-state index in [1.807, 2.05) is 0 Å². The molecule has 3 saturated heterocycles. The first-order valence-corrected chi connectivity index (χ1v) is 10.3. The second-order valence-corrected chi connectivity index (χ2v) is 8.40. The molecule has 4 amide bonds. The number of carbonyl (C=O) groups is 4. The second-order valence-electron chi connectivity index (χ2n) is 8.40. The molecule has 1 aromatic heterocycles. The molecule has 0 bridgehead atoms. The lowest BCUT2D eigenvalue weighted by Gasteiger charge is -2.29. The Kier molecular flexibility index (Phi) is 4.33. The predicted molar refractivity (Wildman–Crippen MR) is 99.5 cm³/mol. The van der Waals surface area contributed by atoms with Gasteiger partial charge in [0, 0.05) is 25.0 Å². The Morgan fingerprint density at radius 1 is 1.21 bits per heavy atom. The summed E-state index contributed by atoms with van der Waals surface area (Å²) in [6.45, 7) is 0.669. The molecule has 1 saturated carbocycles. The molecule has 1 aliphatic carbocycles. The zero-order chi connectivity index (χ0) is 20.1. The lowest BCUT2D eigenvalue weighted by Crippen LogP contribution is -2.52. The number of hydrogen-bond donors (Lipinski definition) is 2. The van der Waals surface area contributed by atoms with Crippen molar-refractivity contribution < 1.29 is 23.6 Å². The molecule has 4 atom stereocenters. The van der Waals surface area contributed by atoms with Gasteiger partial charge in [-0.15, -0.1) is 0 Å². The van der Waals surface area contributed by atoms with Gasteiger partial charge in [-0.2, -0.15) is 0 Å². The maximum absolute atomic E-state index is 13.4. The van der Waals surface area contributed by atoms with Crippen molar-refractivity contribution in [1.82, 2.24) is 20.4 Å². The molecule has 0 spiro atoms. The highest BCUT2D eigenvalue weighted by atomic mass is 16.3. The summed E-state index contributed by atoms with van der Waals surface area (Å²) in [5.41, 5.74) is 0. The van der Waals surface area contributed by atoms with E-state index in [4.69, 9.17) is 4.42 Å². The van der Waals surface area contributed by atoms with Gasteiger partial charge in [-0.05, 0) is 37.8 Å². The van der Waals surface area contributed by atoms with E-state index in [1.54, 1.807) is 17.0 Å². The Labute approximate surface area is 167 Å². The van der Waals surface area contributed by atoms with Crippen molar-refractivity contribution >= 4 is 23.6 Å². The Hall–Kier alpha value is -2.84. The summed E-state index contributed by atoms with van der Waals surface area (Å²) in [5.74, 6) is -0.550. The van der Waals surface area contributed by atoms with Crippen LogP contribution in [0.15, 0.2) is 22.8 Å². The number of amides is 4. The van der Waals surface area contributed by atoms with E-state index in [1.165, 1.54) is 11.2 Å². The molecule has 2 N–H and O–H groups in total. The molecule has 5 rings (SSSR count). The average molecular weight is 400 g/mol. The Morgan fingerprint density at radius 3 is 2.72 bits per heavy atom. The molecule has 9 nitrogen and oxygen atoms in total. The largest absolute Gasteiger partial charge is 0.459 e. The molecule has 4 aliphatic rings. The van der Waals surface area contributed by atoms with Gasteiger partial charge in [0.1, 0.15) is 12.1 Å². The summed E-state index contributed by atoms with van der Waals surface area (Å²) in [6.07, 6.45) is 5.22. The van der Waals surface area contributed by atoms with Crippen LogP contribution in [0, 0.1) is 5.92 Å². The molecule has 154 valence electrons. The quantitative estimate of drug-likeness (QED) is 0.735. The minimum atomic E-state index is -0.748. The zero-order valence-corrected chi connectivity index (χ0v) is 16.0. The number of hydrogen-bond acceptors (Lipinski definition) is 5. The monoisotopic (exact) mass is 400 g/mol. The highest BCUT2D eigenvalue weighted by Crippen LogP contribution is 2.31. The van der Waals surface area contributed by atoms with E-state index in [0.29, 0.717) is 25.9 Å². The standard InChI is InChI=1S/C20H24N4O5/c25-17(11-3-1-4-11)21-12-9-14-18(26)22-13-6-7-23(16(13)20(28)24(14)10-12)19(27)15-5-2-8-29-15/h2,5,8,11-14,16H,1,3-4,6-7,9-10H2,(H,21,25)(H,22,26)/t12-,13-,14+,16-/m0/s1. The molecule has 29 heavy (non-hydrogen) atoms. The molecule has 3 aliphatic heterocycles. The summed E-state index contributed by atoms with van der Waals surface area (Å²) in [5, 5.41) is 5.96. The molecule has 0 aromatic carbocycles. The van der Waals surface area contributed by atoms with Gasteiger partial charge in [0.15, 0.2) is 5.76 Å². The maximum Gasteiger partial charge on any atom is 0.290 e. The molecule has 9 heteroatoms. The van der Waals surface area contributed by atoms with Gasteiger partial charge < -0.3 is 24.9 Å². The van der Waals surface area contributed by atoms with Crippen molar-refractivity contribution in [2.24, 2.45) is 5.92 Å². The Balaban J connectivity index is 1.34. The summed E-state index contributed by atoms with van der Waals surface area (Å²) in [4.78, 5) is 54.3. The third-order valence-electron chi connectivity index (χ3n) is 6.68. The molecular formula is C20H24N4O5. The first-order chi connectivity index (χ1) is 14.0. The number of carbonyl (C=O) groups excluding carboxylic acids is 4. The highest BCUT2D eigenvalue weighted by molar-refractivity contribution is 5.99. The SMILES string of the molecule is O=C(N[C@H]1C[C@@H]2C(=O)N[C@H]3CCN(C(=O)c4ccco4)[C@@H]3C(=O)N2C1)C1CCC1. The zero-order valence-electron chi connectivity index (χ0n) is 16.0. The lowest BCUT2D eigenvalue weighted by molar-refractivity contribution is -0.138. The van der Waals surface area contributed by atoms with E-state index < -0.39 is 18.1 Å². The van der Waals surface area contributed by atoms with Gasteiger partial charge in [-0.25, -0.2) is 0 Å². The van der Waals surface area contributed by atoms with Crippen LogP contribution in [0.25, 0.3) is 0 Å². The third-order valence-corrected chi connectivity index (χ3v) is 6.68. The van der Waals surface area contributed by atoms with Crippen LogP contribution in [-0.2, 0) is 14.4 Å². The Bertz CT molecular complexity index is 849. The van der Waals surface area contributed by atoms with Crippen molar-refractivity contribution in [1.29, 1.82) is 0 Å². The molecule has 0 unspecified atom stereocenters. The first-order valence-electron chi connectivity index (χ1n) is 10.3. The summed E-state index contributed by atoms with van der Waals surface area (Å²) < 4.78 is 5.21. The molecule has 4 heterocycles. The van der Waals surface area contributed by atoms with E-state index >= 15 is 0 Å². The van der Waals surface area contributed by atoms with Crippen molar-refractivity contribution in [3.8, 4) is 0 Å². The Morgan fingerprint density at radius 2 is 2.03 bits per heavy atom. The normalized spacial score (nSPS) is 31.6. The van der Waals surface area contributed by atoms with E-state index in [2.05, 4.69) is 10.6 Å².